The van der Waals surface area contributed by atoms with E-state index in [1.165, 1.54) is 24.3 Å². The van der Waals surface area contributed by atoms with Gasteiger partial charge in [0.05, 0.1) is 6.54 Å². The third-order valence-electron chi connectivity index (χ3n) is 3.27. The number of rotatable bonds is 7. The smallest absolute Gasteiger partial charge is 0.266 e. The minimum atomic E-state index is -1.06. The van der Waals surface area contributed by atoms with Crippen LogP contribution in [-0.4, -0.2) is 23.0 Å². The summed E-state index contributed by atoms with van der Waals surface area (Å²) >= 11 is 1.60. The van der Waals surface area contributed by atoms with E-state index in [0.29, 0.717) is 18.8 Å². The zero-order valence-electron chi connectivity index (χ0n) is 13.3. The molecule has 1 amide bonds. The standard InChI is InChI=1S/C18H20FNO2S/c1-4-11-20(13-16-6-5-12-23-16)17(21)18(2,3)22-15-9-7-14(19)8-10-15/h4-10,12H,1,11,13H2,2-3H3. The Morgan fingerprint density at radius 2 is 2.04 bits per heavy atom. The van der Waals surface area contributed by atoms with E-state index in [1.807, 2.05) is 17.5 Å². The van der Waals surface area contributed by atoms with Crippen molar-refractivity contribution in [1.29, 1.82) is 0 Å². The molecule has 0 spiro atoms. The third kappa shape index (κ3) is 4.66. The van der Waals surface area contributed by atoms with Crippen molar-refractivity contribution in [3.63, 3.8) is 0 Å². The summed E-state index contributed by atoms with van der Waals surface area (Å²) in [5.74, 6) is -0.0259. The van der Waals surface area contributed by atoms with Crippen molar-refractivity contribution >= 4 is 17.2 Å². The molecule has 0 fully saturated rings. The third-order valence-corrected chi connectivity index (χ3v) is 4.13. The molecule has 2 aromatic rings. The van der Waals surface area contributed by atoms with Gasteiger partial charge < -0.3 is 9.64 Å². The first-order valence-corrected chi connectivity index (χ1v) is 8.17. The normalized spacial score (nSPS) is 11.1. The molecule has 1 heterocycles. The van der Waals surface area contributed by atoms with Gasteiger partial charge in [0.2, 0.25) is 0 Å². The number of carbonyl (C=O) groups is 1. The zero-order chi connectivity index (χ0) is 16.9. The summed E-state index contributed by atoms with van der Waals surface area (Å²) in [5.41, 5.74) is -1.06. The molecule has 0 saturated heterocycles. The summed E-state index contributed by atoms with van der Waals surface area (Å²) in [5, 5.41) is 1.98. The Labute approximate surface area is 140 Å². The SMILES string of the molecule is C=CCN(Cc1cccs1)C(=O)C(C)(C)Oc1ccc(F)cc1. The lowest BCUT2D eigenvalue weighted by molar-refractivity contribution is -0.145. The van der Waals surface area contributed by atoms with Gasteiger partial charge in [-0.05, 0) is 49.6 Å². The molecule has 1 aromatic carbocycles. The molecule has 23 heavy (non-hydrogen) atoms. The molecule has 1 aromatic heterocycles. The van der Waals surface area contributed by atoms with Crippen LogP contribution in [0.1, 0.15) is 18.7 Å². The van der Waals surface area contributed by atoms with Crippen molar-refractivity contribution < 1.29 is 13.9 Å². The second kappa shape index (κ2) is 7.42. The van der Waals surface area contributed by atoms with Gasteiger partial charge in [-0.25, -0.2) is 4.39 Å². The number of hydrogen-bond donors (Lipinski definition) is 0. The maximum absolute atomic E-state index is 13.0. The van der Waals surface area contributed by atoms with Crippen LogP contribution in [0.2, 0.25) is 0 Å². The minimum absolute atomic E-state index is 0.143. The molecule has 3 nitrogen and oxygen atoms in total. The molecule has 0 aliphatic rings. The second-order valence-corrected chi connectivity index (χ2v) is 6.65. The monoisotopic (exact) mass is 333 g/mol. The van der Waals surface area contributed by atoms with Crippen LogP contribution in [-0.2, 0) is 11.3 Å². The van der Waals surface area contributed by atoms with Crippen LogP contribution >= 0.6 is 11.3 Å². The quantitative estimate of drug-likeness (QED) is 0.709. The Morgan fingerprint density at radius 1 is 1.35 bits per heavy atom. The van der Waals surface area contributed by atoms with Gasteiger partial charge in [0, 0.05) is 11.4 Å². The summed E-state index contributed by atoms with van der Waals surface area (Å²) in [6.07, 6.45) is 1.69. The minimum Gasteiger partial charge on any atom is -0.478 e. The fraction of sp³-hybridized carbons (Fsp3) is 0.278. The van der Waals surface area contributed by atoms with Crippen molar-refractivity contribution in [3.8, 4) is 5.75 Å². The van der Waals surface area contributed by atoms with Crippen LogP contribution in [0.3, 0.4) is 0 Å². The van der Waals surface area contributed by atoms with Crippen molar-refractivity contribution in [2.75, 3.05) is 6.54 Å². The largest absolute Gasteiger partial charge is 0.478 e. The Hall–Kier alpha value is -2.14. The van der Waals surface area contributed by atoms with Crippen LogP contribution in [0.25, 0.3) is 0 Å². The number of carbonyl (C=O) groups excluding carboxylic acids is 1. The fourth-order valence-electron chi connectivity index (χ4n) is 2.19. The number of benzene rings is 1. The molecule has 0 bridgehead atoms. The van der Waals surface area contributed by atoms with E-state index >= 15 is 0 Å². The van der Waals surface area contributed by atoms with Gasteiger partial charge in [-0.1, -0.05) is 12.1 Å². The molecule has 0 aliphatic carbocycles. The summed E-state index contributed by atoms with van der Waals surface area (Å²) < 4.78 is 18.8. The Bertz CT molecular complexity index is 650. The molecule has 0 radical (unpaired) electrons. The number of ether oxygens (including phenoxy) is 1. The van der Waals surface area contributed by atoms with Crippen molar-refractivity contribution in [2.24, 2.45) is 0 Å². The van der Waals surface area contributed by atoms with Crippen molar-refractivity contribution in [2.45, 2.75) is 26.0 Å². The number of nitrogens with zero attached hydrogens (tertiary/aromatic N) is 1. The van der Waals surface area contributed by atoms with E-state index in [0.717, 1.165) is 4.88 Å². The first kappa shape index (κ1) is 17.2. The Balaban J connectivity index is 2.12. The second-order valence-electron chi connectivity index (χ2n) is 5.62. The Kier molecular flexibility index (Phi) is 5.55. The summed E-state index contributed by atoms with van der Waals surface area (Å²) in [4.78, 5) is 15.6. The molecule has 122 valence electrons. The predicted molar refractivity (Wildman–Crippen MR) is 91.0 cm³/mol. The molecule has 0 aliphatic heterocycles. The van der Waals surface area contributed by atoms with Crippen LogP contribution in [0.4, 0.5) is 4.39 Å². The van der Waals surface area contributed by atoms with Crippen LogP contribution < -0.4 is 4.74 Å². The lowest BCUT2D eigenvalue weighted by Crippen LogP contribution is -2.48. The number of halogens is 1. The molecular weight excluding hydrogens is 313 g/mol. The van der Waals surface area contributed by atoms with Gasteiger partial charge in [-0.2, -0.15) is 0 Å². The van der Waals surface area contributed by atoms with Gasteiger partial charge in [-0.3, -0.25) is 4.79 Å². The average Bonchev–Trinajstić information content (AvgIpc) is 3.01. The fourth-order valence-corrected chi connectivity index (χ4v) is 2.91. The zero-order valence-corrected chi connectivity index (χ0v) is 14.1. The summed E-state index contributed by atoms with van der Waals surface area (Å²) in [6.45, 7) is 8.09. The maximum Gasteiger partial charge on any atom is 0.266 e. The highest BCUT2D eigenvalue weighted by Crippen LogP contribution is 2.22. The topological polar surface area (TPSA) is 29.5 Å². The van der Waals surface area contributed by atoms with Crippen molar-refractivity contribution in [3.05, 3.63) is 65.1 Å². The first-order chi connectivity index (χ1) is 10.9. The van der Waals surface area contributed by atoms with E-state index in [9.17, 15) is 9.18 Å². The molecule has 0 saturated carbocycles. The van der Waals surface area contributed by atoms with Gasteiger partial charge in [0.15, 0.2) is 5.60 Å². The van der Waals surface area contributed by atoms with Crippen LogP contribution in [0.5, 0.6) is 5.75 Å². The summed E-state index contributed by atoms with van der Waals surface area (Å²) in [6, 6.07) is 9.59. The van der Waals surface area contributed by atoms with E-state index in [4.69, 9.17) is 4.74 Å². The average molecular weight is 333 g/mol. The molecule has 5 heteroatoms. The molecular formula is C18H20FNO2S. The van der Waals surface area contributed by atoms with E-state index in [1.54, 1.807) is 36.2 Å². The Morgan fingerprint density at radius 3 is 2.61 bits per heavy atom. The lowest BCUT2D eigenvalue weighted by Gasteiger charge is -2.31. The molecule has 0 unspecified atom stereocenters. The van der Waals surface area contributed by atoms with E-state index in [2.05, 4.69) is 6.58 Å². The molecule has 0 N–H and O–H groups in total. The highest BCUT2D eigenvalue weighted by molar-refractivity contribution is 7.09. The van der Waals surface area contributed by atoms with Gasteiger partial charge in [0.25, 0.3) is 5.91 Å². The first-order valence-electron chi connectivity index (χ1n) is 7.29. The van der Waals surface area contributed by atoms with Gasteiger partial charge >= 0.3 is 0 Å². The van der Waals surface area contributed by atoms with E-state index < -0.39 is 5.60 Å². The lowest BCUT2D eigenvalue weighted by atomic mass is 10.1. The highest BCUT2D eigenvalue weighted by Gasteiger charge is 2.34. The molecule has 0 atom stereocenters. The number of amides is 1. The van der Waals surface area contributed by atoms with Crippen LogP contribution in [0, 0.1) is 5.82 Å². The number of hydrogen-bond acceptors (Lipinski definition) is 3. The van der Waals surface area contributed by atoms with Gasteiger partial charge in [-0.15, -0.1) is 17.9 Å². The van der Waals surface area contributed by atoms with Crippen molar-refractivity contribution in [1.82, 2.24) is 4.90 Å². The van der Waals surface area contributed by atoms with E-state index in [-0.39, 0.29) is 11.7 Å². The number of thiophene rings is 1. The summed E-state index contributed by atoms with van der Waals surface area (Å²) in [7, 11) is 0. The predicted octanol–water partition coefficient (Wildman–Crippen LogP) is 4.26. The highest BCUT2D eigenvalue weighted by atomic mass is 32.1. The van der Waals surface area contributed by atoms with Gasteiger partial charge in [0.1, 0.15) is 11.6 Å². The molecule has 2 rings (SSSR count). The maximum atomic E-state index is 13.0. The van der Waals surface area contributed by atoms with Crippen LogP contribution in [0.15, 0.2) is 54.4 Å².